The maximum atomic E-state index is 2.37. The van der Waals surface area contributed by atoms with Gasteiger partial charge in [-0.2, -0.15) is 23.5 Å². The second-order valence-corrected chi connectivity index (χ2v) is 6.38. The molecule has 1 saturated heterocycles. The van der Waals surface area contributed by atoms with E-state index in [0.717, 1.165) is 16.4 Å². The third-order valence-electron chi connectivity index (χ3n) is 2.36. The molecular weight excluding hydrogens is 184 g/mol. The van der Waals surface area contributed by atoms with E-state index in [1.807, 2.05) is 0 Å². The fourth-order valence-corrected chi connectivity index (χ4v) is 5.07. The van der Waals surface area contributed by atoms with Gasteiger partial charge in [-0.15, -0.1) is 0 Å². The van der Waals surface area contributed by atoms with Gasteiger partial charge in [0.25, 0.3) is 0 Å². The van der Waals surface area contributed by atoms with E-state index >= 15 is 0 Å². The largest absolute Gasteiger partial charge is 0.157 e. The lowest BCUT2D eigenvalue weighted by Crippen LogP contribution is -2.24. The zero-order chi connectivity index (χ0) is 8.97. The Bertz CT molecular complexity index is 123. The molecule has 1 heterocycles. The van der Waals surface area contributed by atoms with Crippen molar-refractivity contribution in [2.45, 2.75) is 44.1 Å². The van der Waals surface area contributed by atoms with E-state index in [1.165, 1.54) is 24.3 Å². The maximum absolute atomic E-state index is 2.37. The van der Waals surface area contributed by atoms with E-state index in [1.54, 1.807) is 0 Å². The molecule has 1 rings (SSSR count). The van der Waals surface area contributed by atoms with Crippen LogP contribution in [-0.4, -0.2) is 22.0 Å². The average Bonchev–Trinajstić information content (AvgIpc) is 2.27. The van der Waals surface area contributed by atoms with Crippen LogP contribution in [0.3, 0.4) is 0 Å². The van der Waals surface area contributed by atoms with Crippen LogP contribution in [0.1, 0.15) is 33.6 Å². The summed E-state index contributed by atoms with van der Waals surface area (Å²) in [6.45, 7) is 7.07. The van der Waals surface area contributed by atoms with Gasteiger partial charge in [-0.1, -0.05) is 20.8 Å². The van der Waals surface area contributed by atoms with Crippen molar-refractivity contribution in [2.24, 2.45) is 5.92 Å². The minimum absolute atomic E-state index is 0.852. The van der Waals surface area contributed by atoms with Crippen LogP contribution in [0.2, 0.25) is 0 Å². The van der Waals surface area contributed by atoms with E-state index in [4.69, 9.17) is 0 Å². The average molecular weight is 204 g/mol. The molecule has 12 heavy (non-hydrogen) atoms. The van der Waals surface area contributed by atoms with Gasteiger partial charge in [0.15, 0.2) is 0 Å². The zero-order valence-electron chi connectivity index (χ0n) is 8.38. The van der Waals surface area contributed by atoms with Crippen LogP contribution in [0.5, 0.6) is 0 Å². The van der Waals surface area contributed by atoms with Crippen LogP contribution < -0.4 is 0 Å². The molecule has 0 aromatic heterocycles. The molecule has 2 atom stereocenters. The van der Waals surface area contributed by atoms with Gasteiger partial charge in [0.2, 0.25) is 0 Å². The molecule has 0 bridgehead atoms. The van der Waals surface area contributed by atoms with Crippen LogP contribution in [0.15, 0.2) is 0 Å². The first kappa shape index (κ1) is 10.8. The molecule has 2 unspecified atom stereocenters. The van der Waals surface area contributed by atoms with Gasteiger partial charge in [0.05, 0.1) is 0 Å². The Kier molecular flexibility index (Phi) is 4.88. The van der Waals surface area contributed by atoms with Crippen molar-refractivity contribution >= 4 is 23.5 Å². The highest BCUT2D eigenvalue weighted by molar-refractivity contribution is 8.04. The van der Waals surface area contributed by atoms with Crippen molar-refractivity contribution in [3.63, 3.8) is 0 Å². The second-order valence-electron chi connectivity index (χ2n) is 3.75. The lowest BCUT2D eigenvalue weighted by atomic mass is 10.1. The van der Waals surface area contributed by atoms with E-state index in [0.29, 0.717) is 0 Å². The SMILES string of the molecule is CCC1SCCCSC1C(C)C. The summed E-state index contributed by atoms with van der Waals surface area (Å²) < 4.78 is 0. The topological polar surface area (TPSA) is 0 Å². The van der Waals surface area contributed by atoms with Crippen molar-refractivity contribution in [3.8, 4) is 0 Å². The first-order valence-corrected chi connectivity index (χ1v) is 7.08. The Balaban J connectivity index is 2.51. The summed E-state index contributed by atoms with van der Waals surface area (Å²) in [5.41, 5.74) is 0. The standard InChI is InChI=1S/C10H20S2/c1-4-9-10(8(2)3)12-7-5-6-11-9/h8-10H,4-7H2,1-3H3. The Hall–Kier alpha value is 0.700. The van der Waals surface area contributed by atoms with Gasteiger partial charge in [-0.3, -0.25) is 0 Å². The number of hydrogen-bond donors (Lipinski definition) is 0. The molecular formula is C10H20S2. The third-order valence-corrected chi connectivity index (χ3v) is 5.89. The van der Waals surface area contributed by atoms with Gasteiger partial charge in [0.1, 0.15) is 0 Å². The Morgan fingerprint density at radius 1 is 1.25 bits per heavy atom. The number of rotatable bonds is 2. The highest BCUT2D eigenvalue weighted by Gasteiger charge is 2.25. The second kappa shape index (κ2) is 5.43. The number of hydrogen-bond acceptors (Lipinski definition) is 2. The Morgan fingerprint density at radius 2 is 1.92 bits per heavy atom. The summed E-state index contributed by atoms with van der Waals surface area (Å²) in [6.07, 6.45) is 2.76. The van der Waals surface area contributed by atoms with Crippen molar-refractivity contribution in [2.75, 3.05) is 11.5 Å². The molecule has 0 amide bonds. The molecule has 0 spiro atoms. The summed E-state index contributed by atoms with van der Waals surface area (Å²) in [5.74, 6) is 3.62. The van der Waals surface area contributed by atoms with Gasteiger partial charge in [-0.25, -0.2) is 0 Å². The summed E-state index contributed by atoms with van der Waals surface area (Å²) in [4.78, 5) is 0. The summed E-state index contributed by atoms with van der Waals surface area (Å²) in [5, 5.41) is 1.82. The fraction of sp³-hybridized carbons (Fsp3) is 1.00. The first-order valence-electron chi connectivity index (χ1n) is 4.99. The van der Waals surface area contributed by atoms with Gasteiger partial charge >= 0.3 is 0 Å². The highest BCUT2D eigenvalue weighted by atomic mass is 32.2. The molecule has 0 nitrogen and oxygen atoms in total. The van der Waals surface area contributed by atoms with Crippen LogP contribution in [0, 0.1) is 5.92 Å². The molecule has 0 aromatic rings. The third kappa shape index (κ3) is 2.88. The van der Waals surface area contributed by atoms with E-state index in [-0.39, 0.29) is 0 Å². The van der Waals surface area contributed by atoms with Crippen molar-refractivity contribution in [3.05, 3.63) is 0 Å². The van der Waals surface area contributed by atoms with Crippen LogP contribution in [0.25, 0.3) is 0 Å². The molecule has 0 radical (unpaired) electrons. The van der Waals surface area contributed by atoms with Crippen molar-refractivity contribution < 1.29 is 0 Å². The molecule has 0 aliphatic carbocycles. The van der Waals surface area contributed by atoms with Crippen LogP contribution >= 0.6 is 23.5 Å². The summed E-state index contributed by atoms with van der Waals surface area (Å²) in [6, 6.07) is 0. The molecule has 1 aliphatic rings. The number of thioether (sulfide) groups is 2. The molecule has 0 N–H and O–H groups in total. The fourth-order valence-electron chi connectivity index (χ4n) is 1.69. The van der Waals surface area contributed by atoms with Gasteiger partial charge in [-0.05, 0) is 30.3 Å². The quantitative estimate of drug-likeness (QED) is 0.673. The predicted molar refractivity (Wildman–Crippen MR) is 62.2 cm³/mol. The highest BCUT2D eigenvalue weighted by Crippen LogP contribution is 2.35. The van der Waals surface area contributed by atoms with E-state index < -0.39 is 0 Å². The minimum Gasteiger partial charge on any atom is -0.157 e. The van der Waals surface area contributed by atoms with E-state index in [9.17, 15) is 0 Å². The zero-order valence-corrected chi connectivity index (χ0v) is 10.0. The molecule has 1 aliphatic heterocycles. The minimum atomic E-state index is 0.852. The Morgan fingerprint density at radius 3 is 2.50 bits per heavy atom. The molecule has 0 aromatic carbocycles. The van der Waals surface area contributed by atoms with Crippen LogP contribution in [-0.2, 0) is 0 Å². The normalized spacial score (nSPS) is 32.0. The molecule has 1 fully saturated rings. The van der Waals surface area contributed by atoms with Crippen molar-refractivity contribution in [1.29, 1.82) is 0 Å². The summed E-state index contributed by atoms with van der Waals surface area (Å²) in [7, 11) is 0. The van der Waals surface area contributed by atoms with E-state index in [2.05, 4.69) is 44.3 Å². The molecule has 2 heteroatoms. The van der Waals surface area contributed by atoms with Crippen LogP contribution in [0.4, 0.5) is 0 Å². The maximum Gasteiger partial charge on any atom is 0.0189 e. The first-order chi connectivity index (χ1) is 5.75. The Labute approximate surface area is 85.3 Å². The predicted octanol–water partition coefficient (Wildman–Crippen LogP) is 3.66. The molecule has 0 saturated carbocycles. The smallest absolute Gasteiger partial charge is 0.0189 e. The lowest BCUT2D eigenvalue weighted by molar-refractivity contribution is 0.579. The monoisotopic (exact) mass is 204 g/mol. The van der Waals surface area contributed by atoms with Crippen molar-refractivity contribution in [1.82, 2.24) is 0 Å². The summed E-state index contributed by atoms with van der Waals surface area (Å²) >= 11 is 4.40. The molecule has 72 valence electrons. The van der Waals surface area contributed by atoms with Gasteiger partial charge < -0.3 is 0 Å². The van der Waals surface area contributed by atoms with Gasteiger partial charge in [0, 0.05) is 10.5 Å². The lowest BCUT2D eigenvalue weighted by Gasteiger charge is -2.26.